The fourth-order valence-corrected chi connectivity index (χ4v) is 1.04. The summed E-state index contributed by atoms with van der Waals surface area (Å²) in [7, 11) is 0. The monoisotopic (exact) mass is 153 g/mol. The average molecular weight is 153 g/mol. The number of aromatic nitrogens is 2. The number of hydrogen-bond acceptors (Lipinski definition) is 2. The second-order valence-corrected chi connectivity index (χ2v) is 2.72. The molecule has 3 nitrogen and oxygen atoms in total. The van der Waals surface area contributed by atoms with Crippen LogP contribution in [0.2, 0.25) is 0 Å². The van der Waals surface area contributed by atoms with Gasteiger partial charge in [0.2, 0.25) is 0 Å². The van der Waals surface area contributed by atoms with E-state index < -0.39 is 0 Å². The second kappa shape index (κ2) is 4.13. The zero-order valence-electron chi connectivity index (χ0n) is 6.88. The Morgan fingerprint density at radius 3 is 3.09 bits per heavy atom. The van der Waals surface area contributed by atoms with Gasteiger partial charge in [-0.05, 0) is 6.42 Å². The van der Waals surface area contributed by atoms with Gasteiger partial charge in [0, 0.05) is 12.4 Å². The van der Waals surface area contributed by atoms with Gasteiger partial charge in [-0.15, -0.1) is 0 Å². The van der Waals surface area contributed by atoms with Crippen molar-refractivity contribution in [2.45, 2.75) is 32.2 Å². The van der Waals surface area contributed by atoms with E-state index in [-0.39, 0.29) is 6.04 Å². The van der Waals surface area contributed by atoms with Crippen LogP contribution in [-0.2, 0) is 0 Å². The van der Waals surface area contributed by atoms with E-state index in [1.54, 1.807) is 12.4 Å². The summed E-state index contributed by atoms with van der Waals surface area (Å²) in [4.78, 5) is 7.10. The third-order valence-electron chi connectivity index (χ3n) is 1.74. The van der Waals surface area contributed by atoms with Crippen LogP contribution in [0, 0.1) is 0 Å². The van der Waals surface area contributed by atoms with Crippen LogP contribution in [0.5, 0.6) is 0 Å². The van der Waals surface area contributed by atoms with E-state index in [1.165, 1.54) is 12.8 Å². The maximum Gasteiger partial charge on any atom is 0.123 e. The van der Waals surface area contributed by atoms with E-state index in [4.69, 9.17) is 5.73 Å². The van der Waals surface area contributed by atoms with Gasteiger partial charge < -0.3 is 10.7 Å². The van der Waals surface area contributed by atoms with Gasteiger partial charge in [-0.25, -0.2) is 4.98 Å². The minimum absolute atomic E-state index is 0.0879. The molecule has 0 spiro atoms. The standard InChI is InChI=1S/C8H15N3/c1-2-3-4-7(9)8-10-5-6-11-8/h5-7H,2-4,9H2,1H3,(H,10,11). The predicted octanol–water partition coefficient (Wildman–Crippen LogP) is 1.60. The number of H-pyrrole nitrogens is 1. The first-order valence-corrected chi connectivity index (χ1v) is 4.09. The van der Waals surface area contributed by atoms with Crippen molar-refractivity contribution in [1.82, 2.24) is 9.97 Å². The molecule has 1 atom stereocenters. The number of nitrogens with zero attached hydrogens (tertiary/aromatic N) is 1. The van der Waals surface area contributed by atoms with Gasteiger partial charge in [-0.3, -0.25) is 0 Å². The molecule has 0 aliphatic rings. The predicted molar refractivity (Wildman–Crippen MR) is 45.0 cm³/mol. The summed E-state index contributed by atoms with van der Waals surface area (Å²) in [6.07, 6.45) is 6.92. The molecule has 0 aromatic carbocycles. The number of imidazole rings is 1. The summed E-state index contributed by atoms with van der Waals surface area (Å²) in [6.45, 7) is 2.16. The van der Waals surface area contributed by atoms with Crippen molar-refractivity contribution in [3.8, 4) is 0 Å². The Balaban J connectivity index is 2.36. The molecule has 0 saturated carbocycles. The van der Waals surface area contributed by atoms with Crippen molar-refractivity contribution in [3.05, 3.63) is 18.2 Å². The zero-order valence-corrected chi connectivity index (χ0v) is 6.88. The number of aromatic amines is 1. The fourth-order valence-electron chi connectivity index (χ4n) is 1.04. The highest BCUT2D eigenvalue weighted by Crippen LogP contribution is 2.11. The largest absolute Gasteiger partial charge is 0.347 e. The van der Waals surface area contributed by atoms with Gasteiger partial charge in [0.15, 0.2) is 0 Å². The van der Waals surface area contributed by atoms with Gasteiger partial charge >= 0.3 is 0 Å². The minimum atomic E-state index is 0.0879. The molecule has 3 N–H and O–H groups in total. The first kappa shape index (κ1) is 8.27. The highest BCUT2D eigenvalue weighted by molar-refractivity contribution is 4.93. The molecule has 62 valence electrons. The van der Waals surface area contributed by atoms with E-state index in [0.717, 1.165) is 12.2 Å². The molecule has 1 aromatic heterocycles. The van der Waals surface area contributed by atoms with Crippen LogP contribution in [0.4, 0.5) is 0 Å². The summed E-state index contributed by atoms with van der Waals surface area (Å²) < 4.78 is 0. The Bertz CT molecular complexity index is 181. The first-order chi connectivity index (χ1) is 5.34. The van der Waals surface area contributed by atoms with Crippen LogP contribution < -0.4 is 5.73 Å². The molecular weight excluding hydrogens is 138 g/mol. The Labute approximate surface area is 67.0 Å². The first-order valence-electron chi connectivity index (χ1n) is 4.09. The number of rotatable bonds is 4. The lowest BCUT2D eigenvalue weighted by Gasteiger charge is -2.06. The molecule has 0 aliphatic heterocycles. The third-order valence-corrected chi connectivity index (χ3v) is 1.74. The maximum absolute atomic E-state index is 5.83. The second-order valence-electron chi connectivity index (χ2n) is 2.72. The molecular formula is C8H15N3. The molecule has 1 aromatic rings. The van der Waals surface area contributed by atoms with Gasteiger partial charge in [0.1, 0.15) is 5.82 Å². The third kappa shape index (κ3) is 2.35. The van der Waals surface area contributed by atoms with Crippen molar-refractivity contribution < 1.29 is 0 Å². The number of unbranched alkanes of at least 4 members (excludes halogenated alkanes) is 1. The van der Waals surface area contributed by atoms with E-state index in [9.17, 15) is 0 Å². The van der Waals surface area contributed by atoms with E-state index in [2.05, 4.69) is 16.9 Å². The van der Waals surface area contributed by atoms with Crippen LogP contribution in [0.1, 0.15) is 38.1 Å². The van der Waals surface area contributed by atoms with Gasteiger partial charge in [0.25, 0.3) is 0 Å². The number of hydrogen-bond donors (Lipinski definition) is 2. The molecule has 0 fully saturated rings. The molecule has 1 rings (SSSR count). The molecule has 0 saturated heterocycles. The molecule has 1 unspecified atom stereocenters. The molecule has 11 heavy (non-hydrogen) atoms. The SMILES string of the molecule is CCCCC(N)c1ncc[nH]1. The van der Waals surface area contributed by atoms with Crippen molar-refractivity contribution in [3.63, 3.8) is 0 Å². The number of nitrogens with two attached hydrogens (primary N) is 1. The van der Waals surface area contributed by atoms with Crippen molar-refractivity contribution >= 4 is 0 Å². The average Bonchev–Trinajstić information content (AvgIpc) is 2.52. The number of nitrogens with one attached hydrogen (secondary N) is 1. The van der Waals surface area contributed by atoms with Gasteiger partial charge in [-0.2, -0.15) is 0 Å². The smallest absolute Gasteiger partial charge is 0.123 e. The van der Waals surface area contributed by atoms with E-state index in [0.29, 0.717) is 0 Å². The van der Waals surface area contributed by atoms with Crippen LogP contribution in [0.3, 0.4) is 0 Å². The topological polar surface area (TPSA) is 54.7 Å². The summed E-state index contributed by atoms with van der Waals surface area (Å²) >= 11 is 0. The van der Waals surface area contributed by atoms with E-state index in [1.807, 2.05) is 0 Å². The Morgan fingerprint density at radius 1 is 1.73 bits per heavy atom. The lowest BCUT2D eigenvalue weighted by atomic mass is 10.1. The highest BCUT2D eigenvalue weighted by atomic mass is 14.9. The fraction of sp³-hybridized carbons (Fsp3) is 0.625. The minimum Gasteiger partial charge on any atom is -0.347 e. The summed E-state index contributed by atoms with van der Waals surface area (Å²) in [5.74, 6) is 0.901. The van der Waals surface area contributed by atoms with Crippen molar-refractivity contribution in [2.24, 2.45) is 5.73 Å². The lowest BCUT2D eigenvalue weighted by molar-refractivity contribution is 0.580. The van der Waals surface area contributed by atoms with Gasteiger partial charge in [-0.1, -0.05) is 19.8 Å². The van der Waals surface area contributed by atoms with Crippen LogP contribution in [0.25, 0.3) is 0 Å². The summed E-state index contributed by atoms with van der Waals surface area (Å²) in [5, 5.41) is 0. The Morgan fingerprint density at radius 2 is 2.55 bits per heavy atom. The quantitative estimate of drug-likeness (QED) is 0.690. The summed E-state index contributed by atoms with van der Waals surface area (Å²) in [5.41, 5.74) is 5.83. The molecule has 0 aliphatic carbocycles. The van der Waals surface area contributed by atoms with E-state index >= 15 is 0 Å². The zero-order chi connectivity index (χ0) is 8.10. The van der Waals surface area contributed by atoms with Crippen LogP contribution in [0.15, 0.2) is 12.4 Å². The van der Waals surface area contributed by atoms with Gasteiger partial charge in [0.05, 0.1) is 6.04 Å². The van der Waals surface area contributed by atoms with Crippen LogP contribution in [-0.4, -0.2) is 9.97 Å². The molecule has 3 heteroatoms. The normalized spacial score (nSPS) is 13.3. The Kier molecular flexibility index (Phi) is 3.11. The molecule has 1 heterocycles. The lowest BCUT2D eigenvalue weighted by Crippen LogP contribution is -2.11. The molecule has 0 radical (unpaired) electrons. The van der Waals surface area contributed by atoms with Crippen molar-refractivity contribution in [1.29, 1.82) is 0 Å². The summed E-state index contributed by atoms with van der Waals surface area (Å²) in [6, 6.07) is 0.0879. The van der Waals surface area contributed by atoms with Crippen LogP contribution >= 0.6 is 0 Å². The highest BCUT2D eigenvalue weighted by Gasteiger charge is 2.05. The molecule has 0 amide bonds. The van der Waals surface area contributed by atoms with Crippen molar-refractivity contribution in [2.75, 3.05) is 0 Å². The molecule has 0 bridgehead atoms. The Hall–Kier alpha value is -0.830. The maximum atomic E-state index is 5.83.